The number of hydrogen-bond donors (Lipinski definition) is 1. The number of nitrogens with zero attached hydrogens (tertiary/aromatic N) is 2. The number of anilines is 1. The van der Waals surface area contributed by atoms with Gasteiger partial charge in [-0.25, -0.2) is 8.42 Å². The van der Waals surface area contributed by atoms with Gasteiger partial charge in [-0.2, -0.15) is 0 Å². The summed E-state index contributed by atoms with van der Waals surface area (Å²) < 4.78 is 27.0. The van der Waals surface area contributed by atoms with Crippen molar-refractivity contribution in [3.63, 3.8) is 0 Å². The van der Waals surface area contributed by atoms with Gasteiger partial charge in [0.15, 0.2) is 0 Å². The van der Waals surface area contributed by atoms with Gasteiger partial charge in [0.05, 0.1) is 11.9 Å². The maximum atomic E-state index is 13.9. The van der Waals surface area contributed by atoms with Crippen molar-refractivity contribution in [2.75, 3.05) is 23.7 Å². The van der Waals surface area contributed by atoms with Gasteiger partial charge in [-0.1, -0.05) is 74.7 Å². The standard InChI is InChI=1S/C29H41N3O4S/c1-5-26(29(34)30-25-17-10-7-11-18-25)31(20-19-24-15-8-6-9-16-24)27(33)21-32(37(4,35)36)28-22(2)13-12-14-23(28)3/h6,8-9,12-16,25-26H,5,7,10-11,17-21H2,1-4H3,(H,30,34). The van der Waals surface area contributed by atoms with E-state index in [2.05, 4.69) is 5.32 Å². The van der Waals surface area contributed by atoms with Gasteiger partial charge in [0, 0.05) is 12.6 Å². The molecule has 0 bridgehead atoms. The molecule has 0 radical (unpaired) electrons. The first kappa shape index (κ1) is 28.7. The van der Waals surface area contributed by atoms with E-state index in [0.29, 0.717) is 25.1 Å². The molecule has 0 aliphatic heterocycles. The van der Waals surface area contributed by atoms with Crippen molar-refractivity contribution in [3.8, 4) is 0 Å². The predicted octanol–water partition coefficient (Wildman–Crippen LogP) is 4.37. The minimum atomic E-state index is -3.75. The van der Waals surface area contributed by atoms with Crippen LogP contribution < -0.4 is 9.62 Å². The fourth-order valence-electron chi connectivity index (χ4n) is 5.22. The Kier molecular flexibility index (Phi) is 10.1. The first-order valence-corrected chi connectivity index (χ1v) is 15.1. The molecule has 0 aromatic heterocycles. The fraction of sp³-hybridized carbons (Fsp3) is 0.517. The van der Waals surface area contributed by atoms with Crippen LogP contribution in [0.3, 0.4) is 0 Å². The monoisotopic (exact) mass is 527 g/mol. The lowest BCUT2D eigenvalue weighted by Gasteiger charge is -2.34. The average Bonchev–Trinajstić information content (AvgIpc) is 2.86. The van der Waals surface area contributed by atoms with Crippen LogP contribution in [0.4, 0.5) is 5.69 Å². The van der Waals surface area contributed by atoms with E-state index in [4.69, 9.17) is 0 Å². The van der Waals surface area contributed by atoms with Crippen molar-refractivity contribution in [1.82, 2.24) is 10.2 Å². The van der Waals surface area contributed by atoms with Gasteiger partial charge in [0.1, 0.15) is 12.6 Å². The number of rotatable bonds is 11. The molecular weight excluding hydrogens is 486 g/mol. The molecule has 1 N–H and O–H groups in total. The van der Waals surface area contributed by atoms with Crippen molar-refractivity contribution in [1.29, 1.82) is 0 Å². The molecule has 7 nitrogen and oxygen atoms in total. The van der Waals surface area contributed by atoms with E-state index in [1.165, 1.54) is 10.7 Å². The number of hydrogen-bond acceptors (Lipinski definition) is 4. The molecule has 8 heteroatoms. The summed E-state index contributed by atoms with van der Waals surface area (Å²) in [4.78, 5) is 28.9. The molecular formula is C29H41N3O4S. The first-order valence-electron chi connectivity index (χ1n) is 13.3. The van der Waals surface area contributed by atoms with Crippen LogP contribution in [0.15, 0.2) is 48.5 Å². The Balaban J connectivity index is 1.89. The summed E-state index contributed by atoms with van der Waals surface area (Å²) in [7, 11) is -3.75. The smallest absolute Gasteiger partial charge is 0.244 e. The highest BCUT2D eigenvalue weighted by Crippen LogP contribution is 2.27. The Morgan fingerprint density at radius 1 is 0.973 bits per heavy atom. The van der Waals surface area contributed by atoms with Gasteiger partial charge >= 0.3 is 0 Å². The van der Waals surface area contributed by atoms with Gasteiger partial charge in [0.25, 0.3) is 0 Å². The van der Waals surface area contributed by atoms with Crippen molar-refractivity contribution < 1.29 is 18.0 Å². The number of carbonyl (C=O) groups is 2. The first-order chi connectivity index (χ1) is 17.6. The maximum Gasteiger partial charge on any atom is 0.244 e. The molecule has 1 unspecified atom stereocenters. The number of amides is 2. The molecule has 1 aliphatic rings. The molecule has 202 valence electrons. The lowest BCUT2D eigenvalue weighted by atomic mass is 9.95. The molecule has 37 heavy (non-hydrogen) atoms. The Labute approximate surface area is 222 Å². The molecule has 0 saturated heterocycles. The third-order valence-electron chi connectivity index (χ3n) is 7.19. The predicted molar refractivity (Wildman–Crippen MR) is 149 cm³/mol. The molecule has 3 rings (SSSR count). The topological polar surface area (TPSA) is 86.8 Å². The zero-order valence-electron chi connectivity index (χ0n) is 22.6. The van der Waals surface area contributed by atoms with Crippen molar-refractivity contribution in [2.45, 2.75) is 77.8 Å². The van der Waals surface area contributed by atoms with Gasteiger partial charge in [0.2, 0.25) is 21.8 Å². The molecule has 2 aromatic rings. The number of nitrogens with one attached hydrogen (secondary N) is 1. The Morgan fingerprint density at radius 3 is 2.16 bits per heavy atom. The second-order valence-electron chi connectivity index (χ2n) is 10.1. The molecule has 1 fully saturated rings. The zero-order valence-corrected chi connectivity index (χ0v) is 23.4. The number of sulfonamides is 1. The van der Waals surface area contributed by atoms with E-state index in [1.807, 2.05) is 69.3 Å². The normalized spacial score (nSPS) is 15.1. The van der Waals surface area contributed by atoms with Crippen LogP contribution >= 0.6 is 0 Å². The molecule has 2 amide bonds. The summed E-state index contributed by atoms with van der Waals surface area (Å²) in [5.41, 5.74) is 3.12. The van der Waals surface area contributed by atoms with E-state index in [9.17, 15) is 18.0 Å². The van der Waals surface area contributed by atoms with Gasteiger partial charge < -0.3 is 10.2 Å². The SMILES string of the molecule is CCC(C(=O)NC1CCCCC1)N(CCc1ccccc1)C(=O)CN(c1c(C)cccc1C)S(C)(=O)=O. The van der Waals surface area contributed by atoms with E-state index >= 15 is 0 Å². The minimum absolute atomic E-state index is 0.128. The van der Waals surface area contributed by atoms with E-state index < -0.39 is 16.1 Å². The third kappa shape index (κ3) is 7.81. The lowest BCUT2D eigenvalue weighted by Crippen LogP contribution is -2.54. The molecule has 0 heterocycles. The van der Waals surface area contributed by atoms with Crippen molar-refractivity contribution >= 4 is 27.5 Å². The number of benzene rings is 2. The second-order valence-corrected chi connectivity index (χ2v) is 12.0. The van der Waals surface area contributed by atoms with Crippen LogP contribution in [-0.4, -0.2) is 56.6 Å². The lowest BCUT2D eigenvalue weighted by molar-refractivity contribution is -0.140. The summed E-state index contributed by atoms with van der Waals surface area (Å²) in [5.74, 6) is -0.538. The fourth-order valence-corrected chi connectivity index (χ4v) is 6.18. The molecule has 1 aliphatic carbocycles. The van der Waals surface area contributed by atoms with E-state index in [0.717, 1.165) is 48.6 Å². The summed E-state index contributed by atoms with van der Waals surface area (Å²) in [6.07, 6.45) is 7.42. The van der Waals surface area contributed by atoms with E-state index in [1.54, 1.807) is 4.90 Å². The van der Waals surface area contributed by atoms with Crippen LogP contribution in [0.5, 0.6) is 0 Å². The summed E-state index contributed by atoms with van der Waals surface area (Å²) in [6, 6.07) is 14.8. The number of carbonyl (C=O) groups excluding carboxylic acids is 2. The number of aryl methyl sites for hydroxylation is 2. The van der Waals surface area contributed by atoms with Gasteiger partial charge in [-0.05, 0) is 56.2 Å². The molecule has 1 atom stereocenters. The maximum absolute atomic E-state index is 13.9. The average molecular weight is 528 g/mol. The molecule has 0 spiro atoms. The quantitative estimate of drug-likeness (QED) is 0.470. The zero-order chi connectivity index (χ0) is 27.0. The molecule has 2 aromatic carbocycles. The minimum Gasteiger partial charge on any atom is -0.352 e. The highest BCUT2D eigenvalue weighted by molar-refractivity contribution is 7.92. The van der Waals surface area contributed by atoms with Crippen LogP contribution in [0.25, 0.3) is 0 Å². The summed E-state index contributed by atoms with van der Waals surface area (Å²) in [6.45, 7) is 5.54. The Morgan fingerprint density at radius 2 is 1.59 bits per heavy atom. The number of para-hydroxylation sites is 1. The van der Waals surface area contributed by atoms with Crippen LogP contribution in [0.1, 0.15) is 62.1 Å². The highest BCUT2D eigenvalue weighted by atomic mass is 32.2. The third-order valence-corrected chi connectivity index (χ3v) is 8.30. The molecule has 1 saturated carbocycles. The van der Waals surface area contributed by atoms with Crippen molar-refractivity contribution in [3.05, 3.63) is 65.2 Å². The van der Waals surface area contributed by atoms with E-state index in [-0.39, 0.29) is 24.4 Å². The van der Waals surface area contributed by atoms with Gasteiger partial charge in [-0.15, -0.1) is 0 Å². The summed E-state index contributed by atoms with van der Waals surface area (Å²) in [5, 5.41) is 3.17. The second kappa shape index (κ2) is 13.1. The Hall–Kier alpha value is -2.87. The van der Waals surface area contributed by atoms with Gasteiger partial charge in [-0.3, -0.25) is 13.9 Å². The van der Waals surface area contributed by atoms with Crippen LogP contribution in [0, 0.1) is 13.8 Å². The largest absolute Gasteiger partial charge is 0.352 e. The highest BCUT2D eigenvalue weighted by Gasteiger charge is 2.33. The van der Waals surface area contributed by atoms with Crippen molar-refractivity contribution in [2.24, 2.45) is 0 Å². The summed E-state index contributed by atoms with van der Waals surface area (Å²) >= 11 is 0. The van der Waals surface area contributed by atoms with Crippen LogP contribution in [-0.2, 0) is 26.0 Å². The Bertz CT molecular complexity index is 1140. The van der Waals surface area contributed by atoms with Crippen LogP contribution in [0.2, 0.25) is 0 Å².